The molecule has 0 aliphatic heterocycles. The van der Waals surface area contributed by atoms with Gasteiger partial charge in [-0.3, -0.25) is 4.79 Å². The van der Waals surface area contributed by atoms with Crippen LogP contribution in [0.5, 0.6) is 0 Å². The molecule has 2 N–H and O–H groups in total. The Balaban J connectivity index is 4.30. The van der Waals surface area contributed by atoms with Crippen molar-refractivity contribution in [3.63, 3.8) is 0 Å². The van der Waals surface area contributed by atoms with Gasteiger partial charge in [-0.05, 0) is 26.3 Å². The summed E-state index contributed by atoms with van der Waals surface area (Å²) in [5.41, 5.74) is 5.21. The summed E-state index contributed by atoms with van der Waals surface area (Å²) in [7, 11) is 1.97. The van der Waals surface area contributed by atoms with E-state index in [1.54, 1.807) is 13.8 Å². The largest absolute Gasteiger partial charge is 0.465 e. The Bertz CT molecular complexity index is 232. The molecule has 96 valence electrons. The third-order valence-electron chi connectivity index (χ3n) is 2.08. The standard InChI is InChI=1S/C12H26N2O2/c1-7-16-10(15)12(5,13)9-14(6)8-11(2,3)4/h7-9,13H2,1-6H3. The van der Waals surface area contributed by atoms with Gasteiger partial charge in [-0.25, -0.2) is 0 Å². The van der Waals surface area contributed by atoms with E-state index in [0.717, 1.165) is 6.54 Å². The summed E-state index contributed by atoms with van der Waals surface area (Å²) in [6, 6.07) is 0. The number of nitrogens with zero attached hydrogens (tertiary/aromatic N) is 1. The zero-order chi connectivity index (χ0) is 13.0. The Morgan fingerprint density at radius 2 is 1.75 bits per heavy atom. The second kappa shape index (κ2) is 5.64. The lowest BCUT2D eigenvalue weighted by atomic mass is 9.95. The summed E-state index contributed by atoms with van der Waals surface area (Å²) < 4.78 is 4.95. The summed E-state index contributed by atoms with van der Waals surface area (Å²) in [5, 5.41) is 0. The molecular formula is C12H26N2O2. The summed E-state index contributed by atoms with van der Waals surface area (Å²) >= 11 is 0. The SMILES string of the molecule is CCOC(=O)C(C)(N)CN(C)CC(C)(C)C. The van der Waals surface area contributed by atoms with Crippen molar-refractivity contribution in [2.75, 3.05) is 26.7 Å². The van der Waals surface area contributed by atoms with E-state index in [0.29, 0.717) is 13.2 Å². The summed E-state index contributed by atoms with van der Waals surface area (Å²) in [6.45, 7) is 11.7. The van der Waals surface area contributed by atoms with E-state index in [2.05, 4.69) is 25.7 Å². The monoisotopic (exact) mass is 230 g/mol. The van der Waals surface area contributed by atoms with Crippen LogP contribution in [-0.2, 0) is 9.53 Å². The van der Waals surface area contributed by atoms with Crippen LogP contribution in [0.3, 0.4) is 0 Å². The lowest BCUT2D eigenvalue weighted by molar-refractivity contribution is -0.149. The molecule has 0 radical (unpaired) electrons. The fourth-order valence-electron chi connectivity index (χ4n) is 1.79. The van der Waals surface area contributed by atoms with E-state index in [1.807, 2.05) is 7.05 Å². The number of esters is 1. The Morgan fingerprint density at radius 1 is 1.25 bits per heavy atom. The van der Waals surface area contributed by atoms with Gasteiger partial charge in [-0.2, -0.15) is 0 Å². The van der Waals surface area contributed by atoms with Crippen molar-refractivity contribution >= 4 is 5.97 Å². The lowest BCUT2D eigenvalue weighted by Crippen LogP contribution is -2.54. The number of nitrogens with two attached hydrogens (primary N) is 1. The first-order valence-corrected chi connectivity index (χ1v) is 5.73. The third kappa shape index (κ3) is 6.08. The fourth-order valence-corrected chi connectivity index (χ4v) is 1.79. The van der Waals surface area contributed by atoms with Crippen LogP contribution >= 0.6 is 0 Å². The normalized spacial score (nSPS) is 16.0. The molecule has 0 aromatic rings. The van der Waals surface area contributed by atoms with Crippen molar-refractivity contribution in [3.8, 4) is 0 Å². The number of carbonyl (C=O) groups excluding carboxylic acids is 1. The smallest absolute Gasteiger partial charge is 0.327 e. The number of carbonyl (C=O) groups is 1. The Hall–Kier alpha value is -0.610. The number of rotatable bonds is 5. The molecule has 0 heterocycles. The van der Waals surface area contributed by atoms with Crippen LogP contribution in [0.1, 0.15) is 34.6 Å². The zero-order valence-electron chi connectivity index (χ0n) is 11.5. The molecule has 0 saturated heterocycles. The summed E-state index contributed by atoms with van der Waals surface area (Å²) in [4.78, 5) is 13.7. The van der Waals surface area contributed by atoms with Gasteiger partial charge >= 0.3 is 5.97 Å². The van der Waals surface area contributed by atoms with Crippen molar-refractivity contribution in [2.45, 2.75) is 40.2 Å². The van der Waals surface area contributed by atoms with Crippen LogP contribution in [0.15, 0.2) is 0 Å². The Kier molecular flexibility index (Phi) is 5.42. The molecule has 4 heteroatoms. The number of hydrogen-bond donors (Lipinski definition) is 1. The average molecular weight is 230 g/mol. The minimum absolute atomic E-state index is 0.194. The third-order valence-corrected chi connectivity index (χ3v) is 2.08. The van der Waals surface area contributed by atoms with Crippen molar-refractivity contribution in [1.82, 2.24) is 4.90 Å². The highest BCUT2D eigenvalue weighted by Gasteiger charge is 2.32. The molecule has 0 aromatic heterocycles. The molecule has 0 spiro atoms. The zero-order valence-corrected chi connectivity index (χ0v) is 11.5. The molecule has 0 rings (SSSR count). The van der Waals surface area contributed by atoms with E-state index in [1.165, 1.54) is 0 Å². The van der Waals surface area contributed by atoms with Crippen LogP contribution in [0.25, 0.3) is 0 Å². The van der Waals surface area contributed by atoms with Gasteiger partial charge in [0.25, 0.3) is 0 Å². The Morgan fingerprint density at radius 3 is 2.12 bits per heavy atom. The second-order valence-corrected chi connectivity index (χ2v) is 5.87. The highest BCUT2D eigenvalue weighted by molar-refractivity contribution is 5.80. The molecule has 0 aliphatic rings. The minimum atomic E-state index is -0.935. The van der Waals surface area contributed by atoms with Gasteiger partial charge in [0.05, 0.1) is 6.61 Å². The topological polar surface area (TPSA) is 55.6 Å². The second-order valence-electron chi connectivity index (χ2n) is 5.87. The van der Waals surface area contributed by atoms with Crippen LogP contribution < -0.4 is 5.73 Å². The molecule has 0 aliphatic carbocycles. The lowest BCUT2D eigenvalue weighted by Gasteiger charge is -2.32. The molecule has 0 fully saturated rings. The summed E-state index contributed by atoms with van der Waals surface area (Å²) in [6.07, 6.45) is 0. The van der Waals surface area contributed by atoms with Gasteiger partial charge in [-0.15, -0.1) is 0 Å². The van der Waals surface area contributed by atoms with E-state index < -0.39 is 5.54 Å². The minimum Gasteiger partial charge on any atom is -0.465 e. The first-order chi connectivity index (χ1) is 7.08. The number of likely N-dealkylation sites (N-methyl/N-ethyl adjacent to an activating group) is 1. The van der Waals surface area contributed by atoms with Crippen molar-refractivity contribution in [3.05, 3.63) is 0 Å². The van der Waals surface area contributed by atoms with Gasteiger partial charge in [0.2, 0.25) is 0 Å². The van der Waals surface area contributed by atoms with Crippen molar-refractivity contribution < 1.29 is 9.53 Å². The maximum atomic E-state index is 11.6. The van der Waals surface area contributed by atoms with Crippen LogP contribution in [-0.4, -0.2) is 43.2 Å². The molecule has 0 bridgehead atoms. The number of hydrogen-bond acceptors (Lipinski definition) is 4. The Labute approximate surface area is 99.1 Å². The van der Waals surface area contributed by atoms with Crippen LogP contribution in [0, 0.1) is 5.41 Å². The number of ether oxygens (including phenoxy) is 1. The first kappa shape index (κ1) is 15.4. The van der Waals surface area contributed by atoms with E-state index >= 15 is 0 Å². The van der Waals surface area contributed by atoms with Crippen molar-refractivity contribution in [2.24, 2.45) is 11.1 Å². The molecule has 0 amide bonds. The fraction of sp³-hybridized carbons (Fsp3) is 0.917. The van der Waals surface area contributed by atoms with Crippen molar-refractivity contribution in [1.29, 1.82) is 0 Å². The molecular weight excluding hydrogens is 204 g/mol. The van der Waals surface area contributed by atoms with Gasteiger partial charge in [0.1, 0.15) is 5.54 Å². The van der Waals surface area contributed by atoms with Gasteiger partial charge in [0.15, 0.2) is 0 Å². The quantitative estimate of drug-likeness (QED) is 0.722. The van der Waals surface area contributed by atoms with E-state index in [9.17, 15) is 4.79 Å². The highest BCUT2D eigenvalue weighted by atomic mass is 16.5. The van der Waals surface area contributed by atoms with Crippen LogP contribution in [0.4, 0.5) is 0 Å². The predicted octanol–water partition coefficient (Wildman–Crippen LogP) is 1.24. The van der Waals surface area contributed by atoms with E-state index in [4.69, 9.17) is 10.5 Å². The first-order valence-electron chi connectivity index (χ1n) is 5.73. The molecule has 1 atom stereocenters. The van der Waals surface area contributed by atoms with Gasteiger partial charge in [-0.1, -0.05) is 20.8 Å². The maximum Gasteiger partial charge on any atom is 0.327 e. The molecule has 0 saturated carbocycles. The highest BCUT2D eigenvalue weighted by Crippen LogP contribution is 2.15. The van der Waals surface area contributed by atoms with Gasteiger partial charge < -0.3 is 15.4 Å². The molecule has 4 nitrogen and oxygen atoms in total. The molecule has 0 aromatic carbocycles. The molecule has 1 unspecified atom stereocenters. The van der Waals surface area contributed by atoms with E-state index in [-0.39, 0.29) is 11.4 Å². The molecule has 16 heavy (non-hydrogen) atoms. The predicted molar refractivity (Wildman–Crippen MR) is 66.2 cm³/mol. The summed E-state index contributed by atoms with van der Waals surface area (Å²) in [5.74, 6) is -0.337. The van der Waals surface area contributed by atoms with Crippen LogP contribution in [0.2, 0.25) is 0 Å². The van der Waals surface area contributed by atoms with Gasteiger partial charge in [0, 0.05) is 13.1 Å². The average Bonchev–Trinajstić information content (AvgIpc) is 1.99. The maximum absolute atomic E-state index is 11.6.